The van der Waals surface area contributed by atoms with E-state index in [0.29, 0.717) is 5.69 Å². The Hall–Kier alpha value is -3.15. The summed E-state index contributed by atoms with van der Waals surface area (Å²) in [4.78, 5) is 24.7. The van der Waals surface area contributed by atoms with Crippen LogP contribution in [0.1, 0.15) is 24.2 Å². The monoisotopic (exact) mass is 324 g/mol. The lowest BCUT2D eigenvalue weighted by Gasteiger charge is -2.28. The predicted octanol–water partition coefficient (Wildman–Crippen LogP) is 2.73. The fourth-order valence-electron chi connectivity index (χ4n) is 2.42. The Balaban J connectivity index is 1.90. The highest BCUT2D eigenvalue weighted by Gasteiger charge is 2.46. The van der Waals surface area contributed by atoms with Crippen LogP contribution in [0.2, 0.25) is 0 Å². The van der Waals surface area contributed by atoms with Crippen molar-refractivity contribution in [1.29, 1.82) is 0 Å². The maximum Gasteiger partial charge on any atom is 0.348 e. The highest BCUT2D eigenvalue weighted by atomic mass is 16.5. The van der Waals surface area contributed by atoms with E-state index in [0.717, 1.165) is 0 Å². The molecule has 0 aliphatic carbocycles. The van der Waals surface area contributed by atoms with Crippen LogP contribution < -0.4 is 5.01 Å². The summed E-state index contributed by atoms with van der Waals surface area (Å²) in [6, 6.07) is 15.1. The number of para-hydroxylation sites is 2. The van der Waals surface area contributed by atoms with Gasteiger partial charge in [-0.25, -0.2) is 9.80 Å². The number of ether oxygens (including phenoxy) is 1. The summed E-state index contributed by atoms with van der Waals surface area (Å²) in [6.45, 7) is 3.40. The number of Topliss-reactive ketones (excluding diaryl/α,β-unsaturated/α-hetero) is 1. The third-order valence-corrected chi connectivity index (χ3v) is 3.78. The van der Waals surface area contributed by atoms with Crippen molar-refractivity contribution in [3.05, 3.63) is 60.2 Å². The summed E-state index contributed by atoms with van der Waals surface area (Å²) in [6.07, 6.45) is 0. The van der Waals surface area contributed by atoms with Crippen molar-refractivity contribution in [3.8, 4) is 5.75 Å². The second-order valence-electron chi connectivity index (χ2n) is 5.85. The van der Waals surface area contributed by atoms with Crippen molar-refractivity contribution < 1.29 is 19.4 Å². The minimum Gasteiger partial charge on any atom is -0.507 e. The average molecular weight is 324 g/mol. The van der Waals surface area contributed by atoms with E-state index in [1.807, 2.05) is 30.3 Å². The molecule has 6 nitrogen and oxygen atoms in total. The van der Waals surface area contributed by atoms with Crippen LogP contribution in [0.4, 0.5) is 5.69 Å². The Morgan fingerprint density at radius 2 is 1.71 bits per heavy atom. The first kappa shape index (κ1) is 15.7. The van der Waals surface area contributed by atoms with E-state index < -0.39 is 17.3 Å². The maximum atomic E-state index is 12.6. The molecular formula is C18H16N2O4. The molecule has 1 aliphatic rings. The minimum atomic E-state index is -0.976. The van der Waals surface area contributed by atoms with Crippen molar-refractivity contribution in [2.24, 2.45) is 5.10 Å². The van der Waals surface area contributed by atoms with Crippen LogP contribution in [0.3, 0.4) is 0 Å². The van der Waals surface area contributed by atoms with E-state index in [9.17, 15) is 14.7 Å². The first-order valence-corrected chi connectivity index (χ1v) is 7.40. The van der Waals surface area contributed by atoms with Crippen molar-refractivity contribution in [2.45, 2.75) is 19.4 Å². The topological polar surface area (TPSA) is 79.2 Å². The normalized spacial score (nSPS) is 16.0. The molecule has 3 rings (SSSR count). The van der Waals surface area contributed by atoms with Crippen LogP contribution in [-0.4, -0.2) is 28.3 Å². The number of carbonyl (C=O) groups excluding carboxylic acids is 2. The lowest BCUT2D eigenvalue weighted by Crippen LogP contribution is -2.44. The number of carbonyl (C=O) groups is 2. The Labute approximate surface area is 139 Å². The predicted molar refractivity (Wildman–Crippen MR) is 89.0 cm³/mol. The molecule has 0 unspecified atom stereocenters. The van der Waals surface area contributed by atoms with Crippen LogP contribution in [0.15, 0.2) is 59.7 Å². The van der Waals surface area contributed by atoms with Gasteiger partial charge in [0.25, 0.3) is 5.90 Å². The molecule has 6 heteroatoms. The minimum absolute atomic E-state index is 0.0241. The van der Waals surface area contributed by atoms with Gasteiger partial charge in [-0.1, -0.05) is 30.3 Å². The van der Waals surface area contributed by atoms with Gasteiger partial charge in [0.2, 0.25) is 5.78 Å². The summed E-state index contributed by atoms with van der Waals surface area (Å²) in [7, 11) is 0. The van der Waals surface area contributed by atoms with Crippen LogP contribution in [0, 0.1) is 0 Å². The van der Waals surface area contributed by atoms with E-state index in [2.05, 4.69) is 5.10 Å². The highest BCUT2D eigenvalue weighted by molar-refractivity contribution is 6.43. The number of benzene rings is 2. The quantitative estimate of drug-likeness (QED) is 0.859. The zero-order valence-electron chi connectivity index (χ0n) is 13.3. The van der Waals surface area contributed by atoms with Gasteiger partial charge in [0, 0.05) is 0 Å². The van der Waals surface area contributed by atoms with Crippen molar-refractivity contribution >= 4 is 23.3 Å². The summed E-state index contributed by atoms with van der Waals surface area (Å²) in [5, 5.41) is 15.4. The van der Waals surface area contributed by atoms with E-state index >= 15 is 0 Å². The largest absolute Gasteiger partial charge is 0.507 e. The van der Waals surface area contributed by atoms with Crippen LogP contribution in [0.5, 0.6) is 5.75 Å². The number of hydrazone groups is 1. The van der Waals surface area contributed by atoms with Gasteiger partial charge in [-0.3, -0.25) is 4.79 Å². The number of anilines is 1. The number of phenols is 1. The molecule has 0 spiro atoms. The molecule has 1 N–H and O–H groups in total. The number of hydrogen-bond acceptors (Lipinski definition) is 6. The molecule has 122 valence electrons. The maximum absolute atomic E-state index is 12.6. The number of hydrogen-bond donors (Lipinski definition) is 1. The highest BCUT2D eigenvalue weighted by Crippen LogP contribution is 2.31. The molecule has 0 saturated carbocycles. The average Bonchev–Trinajstić information content (AvgIpc) is 2.79. The SMILES string of the molecule is CC1(C)C(=O)C(OC(=O)c2ccccc2O)=NN1c1ccccc1. The number of rotatable bonds is 2. The van der Waals surface area contributed by atoms with Gasteiger partial charge in [0.1, 0.15) is 16.9 Å². The molecule has 2 aromatic rings. The second-order valence-corrected chi connectivity index (χ2v) is 5.85. The number of esters is 1. The first-order chi connectivity index (χ1) is 11.4. The smallest absolute Gasteiger partial charge is 0.348 e. The zero-order valence-corrected chi connectivity index (χ0v) is 13.3. The number of phenolic OH excluding ortho intramolecular Hbond substituents is 1. The molecule has 0 amide bonds. The Kier molecular flexibility index (Phi) is 3.81. The fraction of sp³-hybridized carbons (Fsp3) is 0.167. The van der Waals surface area contributed by atoms with Gasteiger partial charge < -0.3 is 9.84 Å². The Morgan fingerprint density at radius 1 is 1.08 bits per heavy atom. The molecule has 0 bridgehead atoms. The molecular weight excluding hydrogens is 308 g/mol. The molecule has 0 aromatic heterocycles. The molecule has 1 aliphatic heterocycles. The van der Waals surface area contributed by atoms with Crippen LogP contribution >= 0.6 is 0 Å². The van der Waals surface area contributed by atoms with Gasteiger partial charge in [-0.05, 0) is 38.1 Å². The van der Waals surface area contributed by atoms with Gasteiger partial charge in [0.05, 0.1) is 5.69 Å². The molecule has 0 saturated heterocycles. The Morgan fingerprint density at radius 3 is 2.38 bits per heavy atom. The van der Waals surface area contributed by atoms with E-state index in [-0.39, 0.29) is 17.2 Å². The standard InChI is InChI=1S/C18H16N2O4/c1-18(2)15(22)16(19-20(18)12-8-4-3-5-9-12)24-17(23)13-10-6-7-11-14(13)21/h3-11,21H,1-2H3. The molecule has 0 atom stereocenters. The molecule has 1 heterocycles. The summed E-state index contributed by atoms with van der Waals surface area (Å²) < 4.78 is 5.14. The number of nitrogens with zero attached hydrogens (tertiary/aromatic N) is 2. The van der Waals surface area contributed by atoms with E-state index in [4.69, 9.17) is 4.74 Å². The molecule has 0 fully saturated rings. The second kappa shape index (κ2) is 5.81. The Bertz CT molecular complexity index is 828. The van der Waals surface area contributed by atoms with E-state index in [1.54, 1.807) is 26.0 Å². The summed E-state index contributed by atoms with van der Waals surface area (Å²) >= 11 is 0. The first-order valence-electron chi connectivity index (χ1n) is 7.40. The summed E-state index contributed by atoms with van der Waals surface area (Å²) in [5.74, 6) is -1.74. The van der Waals surface area contributed by atoms with Crippen molar-refractivity contribution in [3.63, 3.8) is 0 Å². The lowest BCUT2D eigenvalue weighted by molar-refractivity contribution is -0.117. The van der Waals surface area contributed by atoms with Gasteiger partial charge in [0.15, 0.2) is 0 Å². The molecule has 0 radical (unpaired) electrons. The fourth-order valence-corrected chi connectivity index (χ4v) is 2.42. The van der Waals surface area contributed by atoms with Crippen molar-refractivity contribution in [2.75, 3.05) is 5.01 Å². The lowest BCUT2D eigenvalue weighted by atomic mass is 9.99. The zero-order chi connectivity index (χ0) is 17.3. The summed E-state index contributed by atoms with van der Waals surface area (Å²) in [5.41, 5.74) is -0.288. The van der Waals surface area contributed by atoms with E-state index in [1.165, 1.54) is 17.1 Å². The third kappa shape index (κ3) is 2.62. The van der Waals surface area contributed by atoms with Crippen LogP contribution in [0.25, 0.3) is 0 Å². The van der Waals surface area contributed by atoms with Gasteiger partial charge >= 0.3 is 5.97 Å². The molecule has 24 heavy (non-hydrogen) atoms. The molecule has 2 aromatic carbocycles. The number of aromatic hydroxyl groups is 1. The van der Waals surface area contributed by atoms with Gasteiger partial charge in [-0.2, -0.15) is 0 Å². The van der Waals surface area contributed by atoms with Crippen LogP contribution in [-0.2, 0) is 9.53 Å². The van der Waals surface area contributed by atoms with Crippen molar-refractivity contribution in [1.82, 2.24) is 0 Å². The third-order valence-electron chi connectivity index (χ3n) is 3.78. The number of ketones is 1. The van der Waals surface area contributed by atoms with Gasteiger partial charge in [-0.15, -0.1) is 5.10 Å².